The first kappa shape index (κ1) is 13.8. The van der Waals surface area contributed by atoms with Gasteiger partial charge in [0.25, 0.3) is 0 Å². The van der Waals surface area contributed by atoms with Gasteiger partial charge in [0, 0.05) is 14.9 Å². The Kier molecular flexibility index (Phi) is 3.92. The highest BCUT2D eigenvalue weighted by Gasteiger charge is 2.12. The summed E-state index contributed by atoms with van der Waals surface area (Å²) in [5.41, 5.74) is 7.61. The summed E-state index contributed by atoms with van der Waals surface area (Å²) in [5, 5.41) is 3.26. The average molecular weight is 366 g/mol. The molecule has 0 saturated heterocycles. The summed E-state index contributed by atoms with van der Waals surface area (Å²) >= 11 is 5.08. The molecular formula is C15H12BrNOS2. The minimum Gasteiger partial charge on any atom is -0.398 e. The number of nitrogens with two attached hydrogens (primary N) is 1. The summed E-state index contributed by atoms with van der Waals surface area (Å²) in [6.45, 7) is 0. The molecule has 0 aliphatic carbocycles. The van der Waals surface area contributed by atoms with Crippen molar-refractivity contribution < 1.29 is 4.21 Å². The van der Waals surface area contributed by atoms with Crippen molar-refractivity contribution in [2.24, 2.45) is 0 Å². The number of nitrogen functional groups attached to an aromatic ring is 1. The highest BCUT2D eigenvalue weighted by Crippen LogP contribution is 2.29. The molecule has 0 radical (unpaired) electrons. The standard InChI is InChI=1S/C15H12BrNOS2/c16-11-5-6-13(17)15(7-11)20(18)9-10-8-19-14-4-2-1-3-12(10)14/h1-8H,9,17H2. The largest absolute Gasteiger partial charge is 0.398 e. The van der Waals surface area contributed by atoms with Crippen LogP contribution in [0.5, 0.6) is 0 Å². The SMILES string of the molecule is Nc1ccc(Br)cc1S(=O)Cc1csc2ccccc12. The van der Waals surface area contributed by atoms with E-state index in [2.05, 4.69) is 33.4 Å². The lowest BCUT2D eigenvalue weighted by Gasteiger charge is -2.06. The molecule has 20 heavy (non-hydrogen) atoms. The number of hydrogen-bond acceptors (Lipinski definition) is 3. The van der Waals surface area contributed by atoms with Gasteiger partial charge in [-0.3, -0.25) is 4.21 Å². The van der Waals surface area contributed by atoms with Gasteiger partial charge in [0.05, 0.1) is 21.4 Å². The Morgan fingerprint density at radius 2 is 2.00 bits per heavy atom. The molecule has 0 amide bonds. The molecule has 102 valence electrons. The number of halogens is 1. The molecule has 0 aliphatic rings. The smallest absolute Gasteiger partial charge is 0.0632 e. The van der Waals surface area contributed by atoms with Crippen molar-refractivity contribution in [2.45, 2.75) is 10.6 Å². The van der Waals surface area contributed by atoms with Crippen LogP contribution in [0.1, 0.15) is 5.56 Å². The molecule has 2 aromatic carbocycles. The maximum absolute atomic E-state index is 12.5. The minimum absolute atomic E-state index is 0.491. The van der Waals surface area contributed by atoms with Crippen LogP contribution in [0.15, 0.2) is 57.2 Å². The Morgan fingerprint density at radius 1 is 1.20 bits per heavy atom. The Labute approximate surface area is 132 Å². The van der Waals surface area contributed by atoms with Crippen molar-refractivity contribution in [3.8, 4) is 0 Å². The first-order chi connectivity index (χ1) is 9.65. The van der Waals surface area contributed by atoms with Gasteiger partial charge in [-0.25, -0.2) is 0 Å². The fraction of sp³-hybridized carbons (Fsp3) is 0.0667. The Hall–Kier alpha value is -1.17. The number of benzene rings is 2. The van der Waals surface area contributed by atoms with Gasteiger partial charge >= 0.3 is 0 Å². The maximum Gasteiger partial charge on any atom is 0.0632 e. The van der Waals surface area contributed by atoms with Crippen LogP contribution < -0.4 is 5.73 Å². The second-order valence-corrected chi connectivity index (χ2v) is 7.68. The molecular weight excluding hydrogens is 354 g/mol. The fourth-order valence-electron chi connectivity index (χ4n) is 2.07. The van der Waals surface area contributed by atoms with Crippen LogP contribution >= 0.6 is 27.3 Å². The molecule has 1 atom stereocenters. The van der Waals surface area contributed by atoms with Crippen LogP contribution in [0.2, 0.25) is 0 Å². The van der Waals surface area contributed by atoms with E-state index in [0.29, 0.717) is 16.3 Å². The van der Waals surface area contributed by atoms with E-state index in [1.165, 1.54) is 10.1 Å². The van der Waals surface area contributed by atoms with Gasteiger partial charge in [-0.2, -0.15) is 0 Å². The Balaban J connectivity index is 1.94. The molecule has 0 aliphatic heterocycles. The van der Waals surface area contributed by atoms with Gasteiger partial charge in [0.2, 0.25) is 0 Å². The summed E-state index contributed by atoms with van der Waals surface area (Å²) in [6.07, 6.45) is 0. The third-order valence-corrected chi connectivity index (χ3v) is 5.99. The second-order valence-electron chi connectivity index (χ2n) is 4.43. The molecule has 2 N–H and O–H groups in total. The second kappa shape index (κ2) is 5.68. The summed E-state index contributed by atoms with van der Waals surface area (Å²) < 4.78 is 14.7. The number of anilines is 1. The van der Waals surface area contributed by atoms with E-state index in [0.717, 1.165) is 10.0 Å². The van der Waals surface area contributed by atoms with E-state index in [1.807, 2.05) is 24.3 Å². The molecule has 1 heterocycles. The summed E-state index contributed by atoms with van der Waals surface area (Å²) in [6, 6.07) is 13.7. The molecule has 1 unspecified atom stereocenters. The van der Waals surface area contributed by atoms with E-state index in [-0.39, 0.29) is 0 Å². The molecule has 0 fully saturated rings. The monoisotopic (exact) mass is 365 g/mol. The predicted octanol–water partition coefficient (Wildman–Crippen LogP) is 4.55. The van der Waals surface area contributed by atoms with E-state index < -0.39 is 10.8 Å². The number of rotatable bonds is 3. The van der Waals surface area contributed by atoms with E-state index in [9.17, 15) is 4.21 Å². The normalized spacial score (nSPS) is 12.7. The number of fused-ring (bicyclic) bond motifs is 1. The first-order valence-electron chi connectivity index (χ1n) is 6.03. The molecule has 1 aromatic heterocycles. The fourth-order valence-corrected chi connectivity index (χ4v) is 4.92. The third kappa shape index (κ3) is 2.66. The molecule has 2 nitrogen and oxygen atoms in total. The van der Waals surface area contributed by atoms with Crippen LogP contribution in [0.3, 0.4) is 0 Å². The quantitative estimate of drug-likeness (QED) is 0.691. The number of thiophene rings is 1. The van der Waals surface area contributed by atoms with Crippen LogP contribution in [-0.2, 0) is 16.6 Å². The lowest BCUT2D eigenvalue weighted by molar-refractivity contribution is 0.683. The van der Waals surface area contributed by atoms with Gasteiger partial charge in [0.15, 0.2) is 0 Å². The van der Waals surface area contributed by atoms with Gasteiger partial charge in [-0.1, -0.05) is 34.1 Å². The molecule has 0 spiro atoms. The zero-order valence-electron chi connectivity index (χ0n) is 10.5. The summed E-state index contributed by atoms with van der Waals surface area (Å²) in [5.74, 6) is 0.491. The lowest BCUT2D eigenvalue weighted by Crippen LogP contribution is -2.00. The molecule has 0 bridgehead atoms. The van der Waals surface area contributed by atoms with Gasteiger partial charge in [0.1, 0.15) is 0 Å². The molecule has 3 rings (SSSR count). The minimum atomic E-state index is -1.14. The van der Waals surface area contributed by atoms with Gasteiger partial charge in [-0.05, 0) is 40.6 Å². The zero-order chi connectivity index (χ0) is 14.1. The first-order valence-corrected chi connectivity index (χ1v) is 9.03. The molecule has 0 saturated carbocycles. The number of hydrogen-bond donors (Lipinski definition) is 1. The lowest BCUT2D eigenvalue weighted by atomic mass is 10.2. The van der Waals surface area contributed by atoms with Crippen molar-refractivity contribution >= 4 is 53.8 Å². The molecule has 5 heteroatoms. The summed E-state index contributed by atoms with van der Waals surface area (Å²) in [4.78, 5) is 0.689. The highest BCUT2D eigenvalue weighted by atomic mass is 79.9. The molecule has 3 aromatic rings. The van der Waals surface area contributed by atoms with Crippen molar-refractivity contribution in [1.82, 2.24) is 0 Å². The van der Waals surface area contributed by atoms with Crippen molar-refractivity contribution in [1.29, 1.82) is 0 Å². The third-order valence-electron chi connectivity index (χ3n) is 3.07. The van der Waals surface area contributed by atoms with Gasteiger partial charge < -0.3 is 5.73 Å². The zero-order valence-corrected chi connectivity index (χ0v) is 13.7. The average Bonchev–Trinajstić information content (AvgIpc) is 2.85. The maximum atomic E-state index is 12.5. The predicted molar refractivity (Wildman–Crippen MR) is 90.5 cm³/mol. The van der Waals surface area contributed by atoms with Crippen LogP contribution in [0.25, 0.3) is 10.1 Å². The van der Waals surface area contributed by atoms with E-state index >= 15 is 0 Å². The highest BCUT2D eigenvalue weighted by molar-refractivity contribution is 9.10. The summed E-state index contributed by atoms with van der Waals surface area (Å²) in [7, 11) is -1.14. The van der Waals surface area contributed by atoms with Crippen molar-refractivity contribution in [2.75, 3.05) is 5.73 Å². The van der Waals surface area contributed by atoms with Crippen LogP contribution in [0, 0.1) is 0 Å². The Morgan fingerprint density at radius 3 is 2.85 bits per heavy atom. The van der Waals surface area contributed by atoms with Crippen LogP contribution in [0.4, 0.5) is 5.69 Å². The Bertz CT molecular complexity index is 797. The van der Waals surface area contributed by atoms with Gasteiger partial charge in [-0.15, -0.1) is 11.3 Å². The van der Waals surface area contributed by atoms with Crippen LogP contribution in [-0.4, -0.2) is 4.21 Å². The topological polar surface area (TPSA) is 43.1 Å². The van der Waals surface area contributed by atoms with Crippen molar-refractivity contribution in [3.63, 3.8) is 0 Å². The van der Waals surface area contributed by atoms with E-state index in [4.69, 9.17) is 5.73 Å². The van der Waals surface area contributed by atoms with E-state index in [1.54, 1.807) is 17.4 Å². The van der Waals surface area contributed by atoms with Crippen molar-refractivity contribution in [3.05, 3.63) is 57.9 Å².